The van der Waals surface area contributed by atoms with Gasteiger partial charge in [0.1, 0.15) is 13.1 Å². The van der Waals surface area contributed by atoms with E-state index in [4.69, 9.17) is 15.9 Å². The molecule has 0 aliphatic carbocycles. The van der Waals surface area contributed by atoms with Crippen molar-refractivity contribution >= 4 is 23.5 Å². The van der Waals surface area contributed by atoms with E-state index >= 15 is 0 Å². The van der Waals surface area contributed by atoms with Crippen LogP contribution in [0.3, 0.4) is 0 Å². The molecule has 0 heterocycles. The maximum absolute atomic E-state index is 11.9. The third kappa shape index (κ3) is 3.78. The average Bonchev–Trinajstić information content (AvgIpc) is 2.27. The lowest BCUT2D eigenvalue weighted by Crippen LogP contribution is -2.39. The van der Waals surface area contributed by atoms with Crippen LogP contribution in [0.4, 0.5) is 5.69 Å². The molecule has 0 aliphatic heterocycles. The van der Waals surface area contributed by atoms with Gasteiger partial charge in [-0.05, 0) is 24.3 Å². The van der Waals surface area contributed by atoms with Crippen molar-refractivity contribution in [2.24, 2.45) is 0 Å². The predicted octanol–water partition coefficient (Wildman–Crippen LogP) is -0.120. The molecule has 0 bridgehead atoms. The molecule has 4 N–H and O–H groups in total. The van der Waals surface area contributed by atoms with Crippen molar-refractivity contribution in [1.29, 1.82) is 0 Å². The Kier molecular flexibility index (Phi) is 4.25. The van der Waals surface area contributed by atoms with E-state index in [1.165, 1.54) is 24.3 Å². The minimum atomic E-state index is -1.28. The molecule has 7 heteroatoms. The van der Waals surface area contributed by atoms with Crippen LogP contribution in [0.2, 0.25) is 0 Å². The van der Waals surface area contributed by atoms with Gasteiger partial charge in [0.15, 0.2) is 0 Å². The largest absolute Gasteiger partial charge is 0.480 e. The molecule has 1 aromatic carbocycles. The fourth-order valence-electron chi connectivity index (χ4n) is 1.33. The molecule has 0 saturated carbocycles. The predicted molar refractivity (Wildman–Crippen MR) is 62.0 cm³/mol. The molecule has 0 unspecified atom stereocenters. The number of hydrogen-bond acceptors (Lipinski definition) is 4. The number of benzene rings is 1. The summed E-state index contributed by atoms with van der Waals surface area (Å²) >= 11 is 0. The Balaban J connectivity index is 2.90. The van der Waals surface area contributed by atoms with Crippen LogP contribution in [0, 0.1) is 0 Å². The first-order valence-corrected chi connectivity index (χ1v) is 4.98. The molecule has 0 spiro atoms. The molecule has 1 aromatic rings. The number of nitrogens with zero attached hydrogens (tertiary/aromatic N) is 1. The van der Waals surface area contributed by atoms with Crippen molar-refractivity contribution < 1.29 is 24.6 Å². The minimum absolute atomic E-state index is 0.187. The molecule has 96 valence electrons. The number of carbonyl (C=O) groups is 3. The zero-order chi connectivity index (χ0) is 13.7. The second kappa shape index (κ2) is 5.67. The number of carboxylic acid groups (broad SMARTS) is 2. The molecule has 0 atom stereocenters. The summed E-state index contributed by atoms with van der Waals surface area (Å²) in [6.45, 7) is -1.34. The van der Waals surface area contributed by atoms with Gasteiger partial charge in [-0.1, -0.05) is 0 Å². The van der Waals surface area contributed by atoms with Gasteiger partial charge >= 0.3 is 11.9 Å². The van der Waals surface area contributed by atoms with Crippen molar-refractivity contribution in [2.75, 3.05) is 18.8 Å². The fourth-order valence-corrected chi connectivity index (χ4v) is 1.33. The molecule has 18 heavy (non-hydrogen) atoms. The first kappa shape index (κ1) is 13.5. The maximum Gasteiger partial charge on any atom is 0.323 e. The number of rotatable bonds is 5. The molecule has 0 aromatic heterocycles. The van der Waals surface area contributed by atoms with Crippen molar-refractivity contribution in [1.82, 2.24) is 4.90 Å². The van der Waals surface area contributed by atoms with Crippen LogP contribution >= 0.6 is 0 Å². The highest BCUT2D eigenvalue weighted by Crippen LogP contribution is 2.08. The smallest absolute Gasteiger partial charge is 0.323 e. The second-order valence-electron chi connectivity index (χ2n) is 3.57. The van der Waals surface area contributed by atoms with E-state index < -0.39 is 30.9 Å². The van der Waals surface area contributed by atoms with Crippen molar-refractivity contribution in [2.45, 2.75) is 0 Å². The van der Waals surface area contributed by atoms with Crippen LogP contribution < -0.4 is 5.73 Å². The summed E-state index contributed by atoms with van der Waals surface area (Å²) in [7, 11) is 0. The van der Waals surface area contributed by atoms with Gasteiger partial charge in [0.2, 0.25) is 0 Å². The Hall–Kier alpha value is -2.57. The van der Waals surface area contributed by atoms with Gasteiger partial charge in [0.05, 0.1) is 0 Å². The quantitative estimate of drug-likeness (QED) is 0.628. The van der Waals surface area contributed by atoms with Crippen molar-refractivity contribution in [3.05, 3.63) is 29.8 Å². The molecule has 0 fully saturated rings. The highest BCUT2D eigenvalue weighted by molar-refractivity contribution is 5.97. The highest BCUT2D eigenvalue weighted by atomic mass is 16.4. The summed E-state index contributed by atoms with van der Waals surface area (Å²) in [4.78, 5) is 33.8. The number of hydrogen-bond donors (Lipinski definition) is 3. The molecule has 0 aliphatic rings. The van der Waals surface area contributed by atoms with Gasteiger partial charge in [-0.2, -0.15) is 0 Å². The third-order valence-corrected chi connectivity index (χ3v) is 2.10. The van der Waals surface area contributed by atoms with E-state index in [0.717, 1.165) is 4.90 Å². The maximum atomic E-state index is 11.9. The summed E-state index contributed by atoms with van der Waals surface area (Å²) in [6.07, 6.45) is 0. The normalized spacial score (nSPS) is 9.78. The van der Waals surface area contributed by atoms with Gasteiger partial charge in [-0.25, -0.2) is 0 Å². The fraction of sp³-hybridized carbons (Fsp3) is 0.182. The summed E-state index contributed by atoms with van der Waals surface area (Å²) in [6, 6.07) is 5.78. The summed E-state index contributed by atoms with van der Waals surface area (Å²) in [5.74, 6) is -3.22. The SMILES string of the molecule is Nc1ccc(C(=O)N(CC(=O)O)CC(=O)O)cc1. The van der Waals surface area contributed by atoms with E-state index in [9.17, 15) is 14.4 Å². The molecular weight excluding hydrogens is 240 g/mol. The van der Waals surface area contributed by atoms with E-state index in [0.29, 0.717) is 5.69 Å². The summed E-state index contributed by atoms with van der Waals surface area (Å²) in [5.41, 5.74) is 6.09. The number of anilines is 1. The number of nitrogens with two attached hydrogens (primary N) is 1. The van der Waals surface area contributed by atoms with E-state index in [1.54, 1.807) is 0 Å². The van der Waals surface area contributed by atoms with Crippen molar-refractivity contribution in [3.8, 4) is 0 Å². The van der Waals surface area contributed by atoms with E-state index in [-0.39, 0.29) is 5.56 Å². The van der Waals surface area contributed by atoms with Crippen LogP contribution in [0.15, 0.2) is 24.3 Å². The lowest BCUT2D eigenvalue weighted by atomic mass is 10.2. The van der Waals surface area contributed by atoms with Crippen LogP contribution in [-0.2, 0) is 9.59 Å². The van der Waals surface area contributed by atoms with Gasteiger partial charge in [-0.3, -0.25) is 14.4 Å². The van der Waals surface area contributed by atoms with E-state index in [2.05, 4.69) is 0 Å². The first-order valence-electron chi connectivity index (χ1n) is 4.98. The Bertz CT molecular complexity index is 453. The Morgan fingerprint density at radius 3 is 1.83 bits per heavy atom. The lowest BCUT2D eigenvalue weighted by Gasteiger charge is -2.18. The number of carboxylic acids is 2. The number of amides is 1. The minimum Gasteiger partial charge on any atom is -0.480 e. The van der Waals surface area contributed by atoms with Gasteiger partial charge < -0.3 is 20.8 Å². The number of carbonyl (C=O) groups excluding carboxylic acids is 1. The van der Waals surface area contributed by atoms with E-state index in [1.807, 2.05) is 0 Å². The van der Waals surface area contributed by atoms with Gasteiger partial charge in [-0.15, -0.1) is 0 Å². The Morgan fingerprint density at radius 2 is 1.44 bits per heavy atom. The zero-order valence-corrected chi connectivity index (χ0v) is 9.37. The second-order valence-corrected chi connectivity index (χ2v) is 3.57. The first-order chi connectivity index (χ1) is 8.40. The van der Waals surface area contributed by atoms with Gasteiger partial charge in [0, 0.05) is 11.3 Å². The topological polar surface area (TPSA) is 121 Å². The highest BCUT2D eigenvalue weighted by Gasteiger charge is 2.20. The number of aliphatic carboxylic acids is 2. The molecule has 1 rings (SSSR count). The molecule has 0 radical (unpaired) electrons. The van der Waals surface area contributed by atoms with Gasteiger partial charge in [0.25, 0.3) is 5.91 Å². The molecule has 1 amide bonds. The van der Waals surface area contributed by atoms with Crippen LogP contribution in [-0.4, -0.2) is 46.0 Å². The molecular formula is C11H12N2O5. The molecule has 7 nitrogen and oxygen atoms in total. The summed E-state index contributed by atoms with van der Waals surface area (Å²) < 4.78 is 0. The van der Waals surface area contributed by atoms with Crippen LogP contribution in [0.25, 0.3) is 0 Å². The Labute approximate surface area is 102 Å². The molecule has 0 saturated heterocycles. The monoisotopic (exact) mass is 252 g/mol. The third-order valence-electron chi connectivity index (χ3n) is 2.10. The number of nitrogen functional groups attached to an aromatic ring is 1. The lowest BCUT2D eigenvalue weighted by molar-refractivity contribution is -0.140. The standard InChI is InChI=1S/C11H12N2O5/c12-8-3-1-7(2-4-8)11(18)13(5-9(14)15)6-10(16)17/h1-4H,5-6,12H2,(H,14,15)(H,16,17). The van der Waals surface area contributed by atoms with Crippen molar-refractivity contribution in [3.63, 3.8) is 0 Å². The van der Waals surface area contributed by atoms with Crippen LogP contribution in [0.1, 0.15) is 10.4 Å². The van der Waals surface area contributed by atoms with Crippen LogP contribution in [0.5, 0.6) is 0 Å². The zero-order valence-electron chi connectivity index (χ0n) is 9.37. The average molecular weight is 252 g/mol. The summed E-state index contributed by atoms with van der Waals surface area (Å²) in [5, 5.41) is 17.3. The Morgan fingerprint density at radius 1 is 1.00 bits per heavy atom.